The summed E-state index contributed by atoms with van der Waals surface area (Å²) in [6, 6.07) is 5.50. The highest BCUT2D eigenvalue weighted by Crippen LogP contribution is 2.31. The van der Waals surface area contributed by atoms with Crippen molar-refractivity contribution < 1.29 is 13.5 Å². The van der Waals surface area contributed by atoms with Crippen LogP contribution in [0.1, 0.15) is 43.7 Å². The molecule has 0 radical (unpaired) electrons. The SMILES string of the molecule is CC(O)CC1CCCN1S(=O)(=O)c1ccc2c(c1)CCC2. The zero-order valence-corrected chi connectivity index (χ0v) is 13.3. The fourth-order valence-electron chi connectivity index (χ4n) is 3.60. The number of nitrogens with zero attached hydrogens (tertiary/aromatic N) is 1. The fourth-order valence-corrected chi connectivity index (χ4v) is 5.35. The van der Waals surface area contributed by atoms with Gasteiger partial charge in [0.25, 0.3) is 0 Å². The molecule has 2 atom stereocenters. The molecule has 21 heavy (non-hydrogen) atoms. The molecule has 0 saturated carbocycles. The number of aryl methyl sites for hydroxylation is 2. The van der Waals surface area contributed by atoms with E-state index in [4.69, 9.17) is 0 Å². The van der Waals surface area contributed by atoms with Gasteiger partial charge in [-0.1, -0.05) is 6.07 Å². The van der Waals surface area contributed by atoms with Gasteiger partial charge in [0.05, 0.1) is 11.0 Å². The number of sulfonamides is 1. The lowest BCUT2D eigenvalue weighted by atomic mass is 10.1. The second kappa shape index (κ2) is 5.71. The first-order valence-electron chi connectivity index (χ1n) is 7.80. The normalized spacial score (nSPS) is 24.2. The van der Waals surface area contributed by atoms with Crippen LogP contribution >= 0.6 is 0 Å². The highest BCUT2D eigenvalue weighted by atomic mass is 32.2. The van der Waals surface area contributed by atoms with Crippen LogP contribution in [0.2, 0.25) is 0 Å². The van der Waals surface area contributed by atoms with E-state index in [2.05, 4.69) is 0 Å². The Bertz CT molecular complexity index is 624. The molecule has 4 nitrogen and oxygen atoms in total. The summed E-state index contributed by atoms with van der Waals surface area (Å²) in [5.41, 5.74) is 2.47. The Kier molecular flexibility index (Phi) is 4.08. The third-order valence-electron chi connectivity index (χ3n) is 4.61. The average Bonchev–Trinajstić information content (AvgIpc) is 3.05. The number of fused-ring (bicyclic) bond motifs is 1. The van der Waals surface area contributed by atoms with Crippen molar-refractivity contribution in [2.75, 3.05) is 6.54 Å². The maximum Gasteiger partial charge on any atom is 0.243 e. The predicted molar refractivity (Wildman–Crippen MR) is 81.7 cm³/mol. The minimum Gasteiger partial charge on any atom is -0.393 e. The number of aliphatic hydroxyl groups excluding tert-OH is 1. The number of hydrogen-bond donors (Lipinski definition) is 1. The fraction of sp³-hybridized carbons (Fsp3) is 0.625. The van der Waals surface area contributed by atoms with Crippen molar-refractivity contribution in [3.05, 3.63) is 29.3 Å². The lowest BCUT2D eigenvalue weighted by Gasteiger charge is -2.25. The van der Waals surface area contributed by atoms with Crippen LogP contribution in [0.15, 0.2) is 23.1 Å². The Labute approximate surface area is 126 Å². The van der Waals surface area contributed by atoms with E-state index in [-0.39, 0.29) is 6.04 Å². The predicted octanol–water partition coefficient (Wildman–Crippen LogP) is 2.10. The summed E-state index contributed by atoms with van der Waals surface area (Å²) in [4.78, 5) is 0.417. The Hall–Kier alpha value is -0.910. The van der Waals surface area contributed by atoms with Gasteiger partial charge in [0.15, 0.2) is 0 Å². The van der Waals surface area contributed by atoms with E-state index in [9.17, 15) is 13.5 Å². The maximum atomic E-state index is 12.9. The first-order valence-corrected chi connectivity index (χ1v) is 9.24. The minimum atomic E-state index is -3.43. The third-order valence-corrected chi connectivity index (χ3v) is 6.56. The highest BCUT2D eigenvalue weighted by molar-refractivity contribution is 7.89. The number of hydrogen-bond acceptors (Lipinski definition) is 3. The molecule has 1 aliphatic heterocycles. The molecule has 2 unspecified atom stereocenters. The first-order chi connectivity index (χ1) is 9.98. The molecule has 3 rings (SSSR count). The van der Waals surface area contributed by atoms with Crippen molar-refractivity contribution in [2.24, 2.45) is 0 Å². The molecule has 0 bridgehead atoms. The highest BCUT2D eigenvalue weighted by Gasteiger charge is 2.36. The Morgan fingerprint density at radius 3 is 2.81 bits per heavy atom. The molecular weight excluding hydrogens is 286 g/mol. The molecule has 1 aromatic carbocycles. The van der Waals surface area contributed by atoms with Gasteiger partial charge in [-0.2, -0.15) is 4.31 Å². The van der Waals surface area contributed by atoms with Gasteiger partial charge in [0.1, 0.15) is 0 Å². The summed E-state index contributed by atoms with van der Waals surface area (Å²) in [7, 11) is -3.43. The van der Waals surface area contributed by atoms with Gasteiger partial charge in [-0.15, -0.1) is 0 Å². The smallest absolute Gasteiger partial charge is 0.243 e. The van der Waals surface area contributed by atoms with Gasteiger partial charge in [-0.05, 0) is 68.7 Å². The molecule has 1 aliphatic carbocycles. The molecule has 1 aromatic rings. The molecule has 1 saturated heterocycles. The Morgan fingerprint density at radius 1 is 1.29 bits per heavy atom. The third kappa shape index (κ3) is 2.87. The van der Waals surface area contributed by atoms with Crippen LogP contribution in [-0.2, 0) is 22.9 Å². The van der Waals surface area contributed by atoms with Crippen LogP contribution in [0.5, 0.6) is 0 Å². The zero-order valence-electron chi connectivity index (χ0n) is 12.5. The molecule has 1 heterocycles. The van der Waals surface area contributed by atoms with E-state index in [0.29, 0.717) is 17.9 Å². The van der Waals surface area contributed by atoms with Crippen molar-refractivity contribution in [3.63, 3.8) is 0 Å². The summed E-state index contributed by atoms with van der Waals surface area (Å²) >= 11 is 0. The van der Waals surface area contributed by atoms with E-state index in [1.807, 2.05) is 12.1 Å². The molecule has 116 valence electrons. The Balaban J connectivity index is 1.89. The topological polar surface area (TPSA) is 57.6 Å². The monoisotopic (exact) mass is 309 g/mol. The minimum absolute atomic E-state index is 0.0664. The first kappa shape index (κ1) is 15.0. The molecule has 1 N–H and O–H groups in total. The van der Waals surface area contributed by atoms with Crippen molar-refractivity contribution in [2.45, 2.75) is 62.5 Å². The largest absolute Gasteiger partial charge is 0.393 e. The van der Waals surface area contributed by atoms with E-state index >= 15 is 0 Å². The number of aliphatic hydroxyl groups is 1. The van der Waals surface area contributed by atoms with Crippen molar-refractivity contribution in [1.82, 2.24) is 4.31 Å². The van der Waals surface area contributed by atoms with E-state index in [1.54, 1.807) is 17.3 Å². The van der Waals surface area contributed by atoms with Crippen LogP contribution in [0.4, 0.5) is 0 Å². The number of benzene rings is 1. The summed E-state index contributed by atoms with van der Waals surface area (Å²) in [6.45, 7) is 2.29. The second-order valence-corrected chi connectivity index (χ2v) is 8.17. The van der Waals surface area contributed by atoms with Gasteiger partial charge >= 0.3 is 0 Å². The number of rotatable bonds is 4. The zero-order chi connectivity index (χ0) is 15.0. The molecule has 2 aliphatic rings. The lowest BCUT2D eigenvalue weighted by Crippen LogP contribution is -2.37. The van der Waals surface area contributed by atoms with Gasteiger partial charge in [0.2, 0.25) is 10.0 Å². The molecular formula is C16H23NO3S. The average molecular weight is 309 g/mol. The maximum absolute atomic E-state index is 12.9. The van der Waals surface area contributed by atoms with Gasteiger partial charge < -0.3 is 5.11 Å². The van der Waals surface area contributed by atoms with Crippen LogP contribution in [-0.4, -0.2) is 36.5 Å². The van der Waals surface area contributed by atoms with E-state index in [0.717, 1.165) is 32.1 Å². The van der Waals surface area contributed by atoms with Crippen LogP contribution in [0, 0.1) is 0 Å². The second-order valence-electron chi connectivity index (χ2n) is 6.28. The molecule has 0 aromatic heterocycles. The van der Waals surface area contributed by atoms with Crippen molar-refractivity contribution in [1.29, 1.82) is 0 Å². The van der Waals surface area contributed by atoms with Crippen LogP contribution in [0.3, 0.4) is 0 Å². The summed E-state index contributed by atoms with van der Waals surface area (Å²) < 4.78 is 27.3. The van der Waals surface area contributed by atoms with Gasteiger partial charge in [0, 0.05) is 12.6 Å². The van der Waals surface area contributed by atoms with E-state index < -0.39 is 16.1 Å². The quantitative estimate of drug-likeness (QED) is 0.926. The van der Waals surface area contributed by atoms with Crippen molar-refractivity contribution >= 4 is 10.0 Å². The summed E-state index contributed by atoms with van der Waals surface area (Å²) in [5, 5.41) is 9.57. The standard InChI is InChI=1S/C16H23NO3S/c1-12(18)10-15-6-3-9-17(15)21(19,20)16-8-7-13-4-2-5-14(13)11-16/h7-8,11-12,15,18H,2-6,9-10H2,1H3. The van der Waals surface area contributed by atoms with Crippen molar-refractivity contribution in [3.8, 4) is 0 Å². The van der Waals surface area contributed by atoms with Crippen LogP contribution in [0.25, 0.3) is 0 Å². The van der Waals surface area contributed by atoms with Crippen LogP contribution < -0.4 is 0 Å². The molecule has 0 amide bonds. The Morgan fingerprint density at radius 2 is 2.05 bits per heavy atom. The summed E-state index contributed by atoms with van der Waals surface area (Å²) in [6.07, 6.45) is 4.93. The molecule has 1 fully saturated rings. The van der Waals surface area contributed by atoms with E-state index in [1.165, 1.54) is 11.1 Å². The molecule has 5 heteroatoms. The van der Waals surface area contributed by atoms with Gasteiger partial charge in [-0.3, -0.25) is 0 Å². The van der Waals surface area contributed by atoms with Gasteiger partial charge in [-0.25, -0.2) is 8.42 Å². The summed E-state index contributed by atoms with van der Waals surface area (Å²) in [5.74, 6) is 0. The molecule has 0 spiro atoms. The lowest BCUT2D eigenvalue weighted by molar-refractivity contribution is 0.158.